The monoisotopic (exact) mass is 325 g/mol. The second-order valence-electron chi connectivity index (χ2n) is 4.81. The van der Waals surface area contributed by atoms with Crippen molar-refractivity contribution in [2.75, 3.05) is 18.2 Å². The first-order valence-electron chi connectivity index (χ1n) is 6.66. The fraction of sp³-hybridized carbons (Fsp3) is 0.333. The summed E-state index contributed by atoms with van der Waals surface area (Å²) in [6, 6.07) is 5.15. The lowest BCUT2D eigenvalue weighted by atomic mass is 10.1. The minimum Gasteiger partial charge on any atom is -0.495 e. The van der Waals surface area contributed by atoms with E-state index in [2.05, 4.69) is 10.5 Å². The average molecular weight is 326 g/mol. The van der Waals surface area contributed by atoms with E-state index >= 15 is 0 Å². The Bertz CT molecular complexity index is 636. The van der Waals surface area contributed by atoms with Gasteiger partial charge in [0.05, 0.1) is 18.5 Å². The highest BCUT2D eigenvalue weighted by Crippen LogP contribution is 2.24. The Balaban J connectivity index is 0.00000242. The molecule has 0 bridgehead atoms. The first kappa shape index (κ1) is 17.8. The number of nitrogens with two attached hydrogens (primary N) is 1. The second-order valence-corrected chi connectivity index (χ2v) is 4.81. The summed E-state index contributed by atoms with van der Waals surface area (Å²) in [5.74, 6) is 1.26. The summed E-state index contributed by atoms with van der Waals surface area (Å²) in [6.07, 6.45) is 0.952. The molecule has 0 atom stereocenters. The van der Waals surface area contributed by atoms with E-state index in [1.165, 1.54) is 0 Å². The summed E-state index contributed by atoms with van der Waals surface area (Å²) in [4.78, 5) is 12.0. The van der Waals surface area contributed by atoms with Crippen LogP contribution in [0.4, 0.5) is 11.4 Å². The number of nitrogen functional groups attached to an aromatic ring is 1. The Morgan fingerprint density at radius 1 is 1.41 bits per heavy atom. The minimum atomic E-state index is -0.0837. The van der Waals surface area contributed by atoms with E-state index in [1.807, 2.05) is 13.8 Å². The number of nitrogens with one attached hydrogen (secondary N) is 1. The molecule has 0 aliphatic heterocycles. The molecule has 7 heteroatoms. The van der Waals surface area contributed by atoms with Crippen molar-refractivity contribution < 1.29 is 14.1 Å². The Kier molecular flexibility index (Phi) is 6.24. The number of aromatic nitrogens is 1. The van der Waals surface area contributed by atoms with Gasteiger partial charge in [0.25, 0.3) is 0 Å². The van der Waals surface area contributed by atoms with Crippen LogP contribution < -0.4 is 15.8 Å². The molecule has 2 aromatic rings. The zero-order valence-electron chi connectivity index (χ0n) is 12.8. The summed E-state index contributed by atoms with van der Waals surface area (Å²) >= 11 is 0. The third-order valence-corrected chi connectivity index (χ3v) is 3.30. The van der Waals surface area contributed by atoms with Crippen LogP contribution in [-0.2, 0) is 11.2 Å². The summed E-state index contributed by atoms with van der Waals surface area (Å²) in [5.41, 5.74) is 8.75. The highest BCUT2D eigenvalue weighted by Gasteiger charge is 2.11. The molecule has 1 heterocycles. The molecule has 0 aliphatic carbocycles. The summed E-state index contributed by atoms with van der Waals surface area (Å²) in [5, 5.41) is 6.68. The number of benzene rings is 1. The maximum Gasteiger partial charge on any atom is 0.224 e. The highest BCUT2D eigenvalue weighted by molar-refractivity contribution is 5.91. The van der Waals surface area contributed by atoms with Gasteiger partial charge in [-0.2, -0.15) is 0 Å². The molecule has 6 nitrogen and oxygen atoms in total. The maximum absolute atomic E-state index is 12.0. The van der Waals surface area contributed by atoms with Crippen molar-refractivity contribution in [2.24, 2.45) is 0 Å². The van der Waals surface area contributed by atoms with Crippen molar-refractivity contribution in [3.63, 3.8) is 0 Å². The smallest absolute Gasteiger partial charge is 0.224 e. The van der Waals surface area contributed by atoms with Gasteiger partial charge in [0.1, 0.15) is 11.5 Å². The van der Waals surface area contributed by atoms with Crippen molar-refractivity contribution in [3.05, 3.63) is 35.2 Å². The molecular weight excluding hydrogens is 306 g/mol. The zero-order valence-corrected chi connectivity index (χ0v) is 13.6. The number of rotatable bonds is 5. The molecule has 0 spiro atoms. The molecule has 1 aromatic heterocycles. The van der Waals surface area contributed by atoms with Crippen molar-refractivity contribution in [1.29, 1.82) is 0 Å². The summed E-state index contributed by atoms with van der Waals surface area (Å²) in [6.45, 7) is 3.71. The minimum absolute atomic E-state index is 0. The number of nitrogens with zero attached hydrogens (tertiary/aromatic N) is 1. The molecule has 22 heavy (non-hydrogen) atoms. The number of halogens is 1. The van der Waals surface area contributed by atoms with Crippen LogP contribution in [0.15, 0.2) is 22.7 Å². The van der Waals surface area contributed by atoms with Gasteiger partial charge in [-0.3, -0.25) is 4.79 Å². The highest BCUT2D eigenvalue weighted by atomic mass is 35.5. The van der Waals surface area contributed by atoms with Crippen LogP contribution in [0.3, 0.4) is 0 Å². The van der Waals surface area contributed by atoms with E-state index in [9.17, 15) is 4.79 Å². The van der Waals surface area contributed by atoms with Crippen molar-refractivity contribution in [1.82, 2.24) is 5.16 Å². The average Bonchev–Trinajstić information content (AvgIpc) is 2.76. The van der Waals surface area contributed by atoms with Crippen LogP contribution in [0, 0.1) is 13.8 Å². The largest absolute Gasteiger partial charge is 0.495 e. The third kappa shape index (κ3) is 4.14. The lowest BCUT2D eigenvalue weighted by molar-refractivity contribution is -0.116. The molecule has 120 valence electrons. The van der Waals surface area contributed by atoms with Gasteiger partial charge in [-0.25, -0.2) is 0 Å². The maximum atomic E-state index is 12.0. The quantitative estimate of drug-likeness (QED) is 0.825. The fourth-order valence-electron chi connectivity index (χ4n) is 2.13. The van der Waals surface area contributed by atoms with Crippen LogP contribution in [0.25, 0.3) is 0 Å². The molecule has 0 fully saturated rings. The lowest BCUT2D eigenvalue weighted by Gasteiger charge is -2.08. The number of methoxy groups -OCH3 is 1. The number of aryl methyl sites for hydroxylation is 2. The van der Waals surface area contributed by atoms with Gasteiger partial charge in [-0.05, 0) is 38.5 Å². The molecule has 0 saturated carbocycles. The van der Waals surface area contributed by atoms with E-state index in [-0.39, 0.29) is 18.3 Å². The van der Waals surface area contributed by atoms with Crippen LogP contribution in [0.2, 0.25) is 0 Å². The van der Waals surface area contributed by atoms with Crippen molar-refractivity contribution in [3.8, 4) is 5.75 Å². The van der Waals surface area contributed by atoms with Gasteiger partial charge >= 0.3 is 0 Å². The first-order chi connectivity index (χ1) is 10.0. The van der Waals surface area contributed by atoms with Crippen LogP contribution >= 0.6 is 12.4 Å². The molecule has 2 rings (SSSR count). The van der Waals surface area contributed by atoms with Gasteiger partial charge in [0.2, 0.25) is 5.91 Å². The molecule has 1 aromatic carbocycles. The fourth-order valence-corrected chi connectivity index (χ4v) is 2.13. The number of hydrogen-bond acceptors (Lipinski definition) is 5. The Labute approximate surface area is 135 Å². The molecular formula is C15H20ClN3O3. The SMILES string of the molecule is COc1ccc(NC(=O)CCc2c(C)noc2C)cc1N.Cl. The van der Waals surface area contributed by atoms with Gasteiger partial charge < -0.3 is 20.3 Å². The van der Waals surface area contributed by atoms with Gasteiger partial charge in [-0.1, -0.05) is 5.16 Å². The third-order valence-electron chi connectivity index (χ3n) is 3.30. The Morgan fingerprint density at radius 2 is 2.14 bits per heavy atom. The summed E-state index contributed by atoms with van der Waals surface area (Å²) in [7, 11) is 1.55. The standard InChI is InChI=1S/C15H19N3O3.ClH/c1-9-12(10(2)21-18-9)5-7-15(19)17-11-4-6-14(20-3)13(16)8-11;/h4,6,8H,5,7,16H2,1-3H3,(H,17,19);1H. The molecule has 0 saturated heterocycles. The lowest BCUT2D eigenvalue weighted by Crippen LogP contribution is -2.13. The van der Waals surface area contributed by atoms with E-state index in [1.54, 1.807) is 25.3 Å². The zero-order chi connectivity index (χ0) is 15.4. The molecule has 1 amide bonds. The van der Waals surface area contributed by atoms with Crippen LogP contribution in [-0.4, -0.2) is 18.2 Å². The van der Waals surface area contributed by atoms with E-state index in [0.717, 1.165) is 17.0 Å². The summed E-state index contributed by atoms with van der Waals surface area (Å²) < 4.78 is 10.1. The van der Waals surface area contributed by atoms with Gasteiger partial charge in [0, 0.05) is 17.7 Å². The number of ether oxygens (including phenoxy) is 1. The van der Waals surface area contributed by atoms with Crippen molar-refractivity contribution >= 4 is 29.7 Å². The Hall–Kier alpha value is -2.21. The van der Waals surface area contributed by atoms with E-state index in [0.29, 0.717) is 30.0 Å². The molecule has 0 radical (unpaired) electrons. The normalized spacial score (nSPS) is 9.95. The number of carbonyl (C=O) groups excluding carboxylic acids is 1. The topological polar surface area (TPSA) is 90.4 Å². The molecule has 0 unspecified atom stereocenters. The predicted octanol–water partition coefficient (Wildman–Crippen LogP) is 2.88. The molecule has 3 N–H and O–H groups in total. The van der Waals surface area contributed by atoms with Gasteiger partial charge in [-0.15, -0.1) is 12.4 Å². The predicted molar refractivity (Wildman–Crippen MR) is 87.6 cm³/mol. The first-order valence-corrected chi connectivity index (χ1v) is 6.66. The number of hydrogen-bond donors (Lipinski definition) is 2. The van der Waals surface area contributed by atoms with E-state index < -0.39 is 0 Å². The second kappa shape index (κ2) is 7.70. The number of anilines is 2. The Morgan fingerprint density at radius 3 is 2.68 bits per heavy atom. The van der Waals surface area contributed by atoms with Crippen LogP contribution in [0.5, 0.6) is 5.75 Å². The number of carbonyl (C=O) groups is 1. The molecule has 0 aliphatic rings. The van der Waals surface area contributed by atoms with Crippen molar-refractivity contribution in [2.45, 2.75) is 26.7 Å². The van der Waals surface area contributed by atoms with Crippen LogP contribution in [0.1, 0.15) is 23.4 Å². The van der Waals surface area contributed by atoms with Gasteiger partial charge in [0.15, 0.2) is 0 Å². The number of amides is 1. The van der Waals surface area contributed by atoms with E-state index in [4.69, 9.17) is 15.0 Å².